The van der Waals surface area contributed by atoms with Crippen LogP contribution in [0.3, 0.4) is 0 Å². The lowest BCUT2D eigenvalue weighted by molar-refractivity contribution is 0.0204. The number of carbonyl (C=O) groups excluding carboxylic acids is 1. The minimum absolute atomic E-state index is 0.228. The Morgan fingerprint density at radius 2 is 1.86 bits per heavy atom. The van der Waals surface area contributed by atoms with E-state index in [4.69, 9.17) is 14.6 Å². The van der Waals surface area contributed by atoms with Gasteiger partial charge in [-0.15, -0.1) is 11.3 Å². The highest BCUT2D eigenvalue weighted by atomic mass is 32.1. The highest BCUT2D eigenvalue weighted by molar-refractivity contribution is 7.09. The van der Waals surface area contributed by atoms with Gasteiger partial charge in [-0.25, -0.2) is 14.6 Å². The van der Waals surface area contributed by atoms with Gasteiger partial charge in [-0.1, -0.05) is 0 Å². The Kier molecular flexibility index (Phi) is 6.42. The van der Waals surface area contributed by atoms with Crippen molar-refractivity contribution in [3.8, 4) is 5.75 Å². The molecule has 0 spiro atoms. The fraction of sp³-hybridized carbons (Fsp3) is 0.476. The first-order chi connectivity index (χ1) is 13.7. The van der Waals surface area contributed by atoms with Crippen LogP contribution in [0.4, 0.5) is 4.79 Å². The summed E-state index contributed by atoms with van der Waals surface area (Å²) in [7, 11) is 0. The van der Waals surface area contributed by atoms with Gasteiger partial charge < -0.3 is 19.5 Å². The maximum absolute atomic E-state index is 12.2. The maximum Gasteiger partial charge on any atom is 0.410 e. The van der Waals surface area contributed by atoms with E-state index in [1.165, 1.54) is 12.1 Å². The highest BCUT2D eigenvalue weighted by Gasteiger charge is 2.28. The van der Waals surface area contributed by atoms with E-state index < -0.39 is 11.6 Å². The quantitative estimate of drug-likeness (QED) is 0.767. The molecule has 0 bridgehead atoms. The van der Waals surface area contributed by atoms with Crippen LogP contribution in [0.2, 0.25) is 0 Å². The second-order valence-electron chi connectivity index (χ2n) is 8.04. The number of likely N-dealkylation sites (tertiary alicyclic amines) is 1. The molecule has 1 aromatic heterocycles. The van der Waals surface area contributed by atoms with E-state index in [1.807, 2.05) is 26.2 Å². The molecular weight excluding hydrogens is 392 g/mol. The molecule has 1 aliphatic heterocycles. The van der Waals surface area contributed by atoms with E-state index in [0.29, 0.717) is 31.4 Å². The van der Waals surface area contributed by atoms with Crippen LogP contribution in [-0.4, -0.2) is 45.7 Å². The molecule has 3 rings (SSSR count). The number of hydrogen-bond donors (Lipinski definition) is 1. The summed E-state index contributed by atoms with van der Waals surface area (Å²) in [6.07, 6.45) is 1.48. The van der Waals surface area contributed by atoms with Gasteiger partial charge in [-0.3, -0.25) is 0 Å². The second kappa shape index (κ2) is 8.82. The van der Waals surface area contributed by atoms with E-state index in [0.717, 1.165) is 23.5 Å². The van der Waals surface area contributed by atoms with Crippen molar-refractivity contribution >= 4 is 23.4 Å². The number of nitrogens with zero attached hydrogens (tertiary/aromatic N) is 2. The number of carbonyl (C=O) groups is 2. The predicted octanol–water partition coefficient (Wildman–Crippen LogP) is 4.53. The Morgan fingerprint density at radius 1 is 1.21 bits per heavy atom. The van der Waals surface area contributed by atoms with E-state index >= 15 is 0 Å². The molecule has 7 nitrogen and oxygen atoms in total. The van der Waals surface area contributed by atoms with Crippen LogP contribution in [-0.2, 0) is 11.3 Å². The summed E-state index contributed by atoms with van der Waals surface area (Å²) in [6, 6.07) is 6.32. The molecule has 1 aromatic carbocycles. The van der Waals surface area contributed by atoms with Gasteiger partial charge >= 0.3 is 12.1 Å². The zero-order valence-corrected chi connectivity index (χ0v) is 17.7. The lowest BCUT2D eigenvalue weighted by Crippen LogP contribution is -2.41. The Morgan fingerprint density at radius 3 is 2.45 bits per heavy atom. The zero-order chi connectivity index (χ0) is 21.0. The van der Waals surface area contributed by atoms with Gasteiger partial charge in [-0.05, 0) is 57.9 Å². The molecule has 29 heavy (non-hydrogen) atoms. The fourth-order valence-electron chi connectivity index (χ4n) is 3.06. The second-order valence-corrected chi connectivity index (χ2v) is 8.93. The topological polar surface area (TPSA) is 89.0 Å². The lowest BCUT2D eigenvalue weighted by Gasteiger charge is -2.32. The van der Waals surface area contributed by atoms with Gasteiger partial charge in [0.25, 0.3) is 0 Å². The molecule has 1 saturated heterocycles. The molecule has 1 aliphatic rings. The van der Waals surface area contributed by atoms with Gasteiger partial charge in [0.1, 0.15) is 18.0 Å². The summed E-state index contributed by atoms with van der Waals surface area (Å²) in [5.41, 5.74) is 0.597. The van der Waals surface area contributed by atoms with Crippen LogP contribution >= 0.6 is 11.3 Å². The molecule has 1 N–H and O–H groups in total. The van der Waals surface area contributed by atoms with E-state index in [1.54, 1.807) is 28.4 Å². The molecule has 0 radical (unpaired) electrons. The van der Waals surface area contributed by atoms with Crippen LogP contribution in [0.1, 0.15) is 60.6 Å². The maximum atomic E-state index is 12.2. The Balaban J connectivity index is 1.49. The average Bonchev–Trinajstić information content (AvgIpc) is 3.14. The first-order valence-corrected chi connectivity index (χ1v) is 10.5. The van der Waals surface area contributed by atoms with Gasteiger partial charge in [-0.2, -0.15) is 0 Å². The van der Waals surface area contributed by atoms with Crippen molar-refractivity contribution in [3.05, 3.63) is 45.9 Å². The number of hydrogen-bond acceptors (Lipinski definition) is 6. The largest absolute Gasteiger partial charge is 0.487 e. The SMILES string of the molecule is CC(C)(C)OC(=O)N1CCC(c2nc(COc3ccc(C(=O)O)cc3)cs2)CC1. The number of benzene rings is 1. The average molecular weight is 419 g/mol. The van der Waals surface area contributed by atoms with Crippen LogP contribution in [0, 0.1) is 0 Å². The highest BCUT2D eigenvalue weighted by Crippen LogP contribution is 2.31. The summed E-state index contributed by atoms with van der Waals surface area (Å²) in [6.45, 7) is 7.29. The van der Waals surface area contributed by atoms with Crippen LogP contribution in [0.25, 0.3) is 0 Å². The van der Waals surface area contributed by atoms with Crippen molar-refractivity contribution in [3.63, 3.8) is 0 Å². The van der Waals surface area contributed by atoms with Crippen molar-refractivity contribution in [2.45, 2.75) is 51.7 Å². The number of thiazole rings is 1. The van der Waals surface area contributed by atoms with Crippen LogP contribution in [0.5, 0.6) is 5.75 Å². The summed E-state index contributed by atoms with van der Waals surface area (Å²) in [5.74, 6) is -0.0177. The third-order valence-electron chi connectivity index (χ3n) is 4.55. The number of aromatic carboxylic acids is 1. The van der Waals surface area contributed by atoms with Crippen LogP contribution < -0.4 is 4.74 Å². The number of aromatic nitrogens is 1. The summed E-state index contributed by atoms with van der Waals surface area (Å²) < 4.78 is 11.1. The van der Waals surface area contributed by atoms with Crippen molar-refractivity contribution < 1.29 is 24.2 Å². The molecule has 0 saturated carbocycles. The summed E-state index contributed by atoms with van der Waals surface area (Å²) >= 11 is 1.61. The summed E-state index contributed by atoms with van der Waals surface area (Å²) in [5, 5.41) is 12.0. The van der Waals surface area contributed by atoms with Gasteiger partial charge in [0.05, 0.1) is 16.3 Å². The Bertz CT molecular complexity index is 849. The molecule has 2 heterocycles. The van der Waals surface area contributed by atoms with E-state index in [2.05, 4.69) is 4.98 Å². The third-order valence-corrected chi connectivity index (χ3v) is 5.61. The molecule has 156 valence electrons. The van der Waals surface area contributed by atoms with Gasteiger partial charge in [0, 0.05) is 24.4 Å². The number of carboxylic acids is 1. The molecule has 0 atom stereocenters. The number of ether oxygens (including phenoxy) is 2. The number of piperidine rings is 1. The van der Waals surface area contributed by atoms with Crippen molar-refractivity contribution in [2.24, 2.45) is 0 Å². The van der Waals surface area contributed by atoms with Crippen molar-refractivity contribution in [1.82, 2.24) is 9.88 Å². The third kappa shape index (κ3) is 5.93. The monoisotopic (exact) mass is 418 g/mol. The molecule has 0 aliphatic carbocycles. The minimum atomic E-state index is -0.960. The standard InChI is InChI=1S/C21H26N2O5S/c1-21(2,3)28-20(26)23-10-8-14(9-11-23)18-22-16(13-29-18)12-27-17-6-4-15(5-7-17)19(24)25/h4-7,13-14H,8-12H2,1-3H3,(H,24,25). The molecule has 8 heteroatoms. The number of carboxylic acid groups (broad SMARTS) is 1. The van der Waals surface area contributed by atoms with Gasteiger partial charge in [0.15, 0.2) is 0 Å². The number of amides is 1. The van der Waals surface area contributed by atoms with Crippen LogP contribution in [0.15, 0.2) is 29.6 Å². The lowest BCUT2D eigenvalue weighted by atomic mass is 9.98. The molecule has 1 amide bonds. The zero-order valence-electron chi connectivity index (χ0n) is 16.9. The smallest absolute Gasteiger partial charge is 0.410 e. The van der Waals surface area contributed by atoms with Gasteiger partial charge in [0.2, 0.25) is 0 Å². The Labute approximate surface area is 174 Å². The minimum Gasteiger partial charge on any atom is -0.487 e. The molecule has 1 fully saturated rings. The van der Waals surface area contributed by atoms with Crippen molar-refractivity contribution in [2.75, 3.05) is 13.1 Å². The normalized spacial score (nSPS) is 15.2. The first kappa shape index (κ1) is 21.1. The molecule has 0 unspecified atom stereocenters. The molecular formula is C21H26N2O5S. The van der Waals surface area contributed by atoms with E-state index in [9.17, 15) is 9.59 Å². The Hall–Kier alpha value is -2.61. The summed E-state index contributed by atoms with van der Waals surface area (Å²) in [4.78, 5) is 29.5. The van der Waals surface area contributed by atoms with Crippen molar-refractivity contribution in [1.29, 1.82) is 0 Å². The predicted molar refractivity (Wildman–Crippen MR) is 110 cm³/mol. The fourth-order valence-corrected chi connectivity index (χ4v) is 4.04. The van der Waals surface area contributed by atoms with E-state index in [-0.39, 0.29) is 11.7 Å². The molecule has 2 aromatic rings. The number of rotatable bonds is 5. The first-order valence-electron chi connectivity index (χ1n) is 9.59.